The molecule has 0 spiro atoms. The van der Waals surface area contributed by atoms with Crippen molar-refractivity contribution in [1.29, 1.82) is 0 Å². The summed E-state index contributed by atoms with van der Waals surface area (Å²) in [5, 5.41) is 3.66. The van der Waals surface area contributed by atoms with Gasteiger partial charge in [0.2, 0.25) is 0 Å². The monoisotopic (exact) mass is 222 g/mol. The maximum atomic E-state index is 3.66. The third-order valence-corrected chi connectivity index (χ3v) is 3.42. The minimum absolute atomic E-state index is 0.697. The molecule has 0 aliphatic carbocycles. The number of hydrogen-bond acceptors (Lipinski definition) is 2. The molecule has 1 saturated heterocycles. The summed E-state index contributed by atoms with van der Waals surface area (Å²) in [6, 6.07) is 1.41. The zero-order valence-corrected chi connectivity index (χ0v) is 11.1. The molecule has 0 amide bonds. The number of rotatable bonds is 5. The lowest BCUT2D eigenvalue weighted by Crippen LogP contribution is -2.56. The van der Waals surface area contributed by atoms with Gasteiger partial charge in [-0.3, -0.25) is 4.90 Å². The largest absolute Gasteiger partial charge is 0.311 e. The lowest BCUT2D eigenvalue weighted by Gasteiger charge is -2.40. The predicted molar refractivity (Wildman–Crippen MR) is 70.4 cm³/mol. The van der Waals surface area contributed by atoms with E-state index in [4.69, 9.17) is 0 Å². The number of hydrogen-bond donors (Lipinski definition) is 1. The van der Waals surface area contributed by atoms with Crippen molar-refractivity contribution in [2.45, 2.75) is 58.5 Å². The highest BCUT2D eigenvalue weighted by Gasteiger charge is 2.25. The Morgan fingerprint density at radius 2 is 2.19 bits per heavy atom. The first-order valence-electron chi connectivity index (χ1n) is 6.68. The first-order valence-corrected chi connectivity index (χ1v) is 6.68. The lowest BCUT2D eigenvalue weighted by molar-refractivity contribution is 0.126. The molecule has 0 aromatic carbocycles. The standard InChI is InChI=1S/C14H26N2/c1-4-7-8-10-16-12-13(9-5-2)15-11-14(16)6-3/h13-15H,5-6,8-12H2,1-3H3. The van der Waals surface area contributed by atoms with Gasteiger partial charge >= 0.3 is 0 Å². The van der Waals surface area contributed by atoms with Gasteiger partial charge in [0.15, 0.2) is 0 Å². The fraction of sp³-hybridized carbons (Fsp3) is 0.857. The minimum Gasteiger partial charge on any atom is -0.311 e. The third kappa shape index (κ3) is 4.15. The van der Waals surface area contributed by atoms with E-state index in [0.717, 1.165) is 19.5 Å². The van der Waals surface area contributed by atoms with Gasteiger partial charge in [0.05, 0.1) is 0 Å². The number of nitrogens with zero attached hydrogens (tertiary/aromatic N) is 1. The molecule has 1 heterocycles. The zero-order chi connectivity index (χ0) is 11.8. The Bertz CT molecular complexity index is 239. The highest BCUT2D eigenvalue weighted by atomic mass is 15.2. The van der Waals surface area contributed by atoms with E-state index in [0.29, 0.717) is 12.1 Å². The van der Waals surface area contributed by atoms with Crippen molar-refractivity contribution in [1.82, 2.24) is 10.2 Å². The molecule has 0 bridgehead atoms. The molecule has 2 heteroatoms. The highest BCUT2D eigenvalue weighted by molar-refractivity contribution is 4.96. The van der Waals surface area contributed by atoms with Crippen LogP contribution >= 0.6 is 0 Å². The third-order valence-electron chi connectivity index (χ3n) is 3.42. The summed E-state index contributed by atoms with van der Waals surface area (Å²) in [7, 11) is 0. The molecule has 2 nitrogen and oxygen atoms in total. The van der Waals surface area contributed by atoms with Crippen LogP contribution in [0.25, 0.3) is 0 Å². The minimum atomic E-state index is 0.697. The van der Waals surface area contributed by atoms with Gasteiger partial charge in [-0.05, 0) is 19.8 Å². The Hall–Kier alpha value is -0.520. The fourth-order valence-electron chi connectivity index (χ4n) is 2.47. The molecule has 16 heavy (non-hydrogen) atoms. The molecule has 1 aliphatic heterocycles. The summed E-state index contributed by atoms with van der Waals surface area (Å²) >= 11 is 0. The van der Waals surface area contributed by atoms with Crippen molar-refractivity contribution in [2.75, 3.05) is 19.6 Å². The summed E-state index contributed by atoms with van der Waals surface area (Å²) in [5.74, 6) is 6.16. The molecule has 1 rings (SSSR count). The molecule has 1 aliphatic rings. The van der Waals surface area contributed by atoms with E-state index in [9.17, 15) is 0 Å². The van der Waals surface area contributed by atoms with Gasteiger partial charge in [-0.25, -0.2) is 0 Å². The van der Waals surface area contributed by atoms with Crippen molar-refractivity contribution in [3.8, 4) is 11.8 Å². The average molecular weight is 222 g/mol. The van der Waals surface area contributed by atoms with E-state index >= 15 is 0 Å². The van der Waals surface area contributed by atoms with Crippen LogP contribution in [0.3, 0.4) is 0 Å². The Labute approximate surface area is 101 Å². The van der Waals surface area contributed by atoms with Gasteiger partial charge in [-0.15, -0.1) is 11.8 Å². The van der Waals surface area contributed by atoms with Crippen LogP contribution in [0.4, 0.5) is 0 Å². The van der Waals surface area contributed by atoms with Gasteiger partial charge in [-0.1, -0.05) is 20.3 Å². The zero-order valence-electron chi connectivity index (χ0n) is 11.1. The van der Waals surface area contributed by atoms with Crippen LogP contribution < -0.4 is 5.32 Å². The van der Waals surface area contributed by atoms with Gasteiger partial charge in [0.25, 0.3) is 0 Å². The van der Waals surface area contributed by atoms with E-state index < -0.39 is 0 Å². The van der Waals surface area contributed by atoms with Crippen LogP contribution in [0.2, 0.25) is 0 Å². The lowest BCUT2D eigenvalue weighted by atomic mass is 10.0. The summed E-state index contributed by atoms with van der Waals surface area (Å²) < 4.78 is 0. The first-order chi connectivity index (χ1) is 7.81. The quantitative estimate of drug-likeness (QED) is 0.718. The molecule has 2 atom stereocenters. The van der Waals surface area contributed by atoms with Crippen LogP contribution in [0.5, 0.6) is 0 Å². The van der Waals surface area contributed by atoms with Crippen LogP contribution in [-0.2, 0) is 0 Å². The molecular weight excluding hydrogens is 196 g/mol. The Morgan fingerprint density at radius 1 is 1.38 bits per heavy atom. The second-order valence-corrected chi connectivity index (χ2v) is 4.63. The van der Waals surface area contributed by atoms with Crippen LogP contribution in [0, 0.1) is 11.8 Å². The second-order valence-electron chi connectivity index (χ2n) is 4.63. The van der Waals surface area contributed by atoms with Crippen molar-refractivity contribution >= 4 is 0 Å². The second kappa shape index (κ2) is 7.70. The van der Waals surface area contributed by atoms with E-state index in [-0.39, 0.29) is 0 Å². The summed E-state index contributed by atoms with van der Waals surface area (Å²) in [4.78, 5) is 2.63. The van der Waals surface area contributed by atoms with Gasteiger partial charge in [-0.2, -0.15) is 0 Å². The predicted octanol–water partition coefficient (Wildman–Crippen LogP) is 2.25. The summed E-state index contributed by atoms with van der Waals surface area (Å²) in [5.41, 5.74) is 0. The molecule has 0 radical (unpaired) electrons. The molecule has 0 saturated carbocycles. The average Bonchev–Trinajstić information content (AvgIpc) is 2.30. The highest BCUT2D eigenvalue weighted by Crippen LogP contribution is 2.13. The van der Waals surface area contributed by atoms with E-state index in [1.54, 1.807) is 0 Å². The molecule has 2 unspecified atom stereocenters. The smallest absolute Gasteiger partial charge is 0.0219 e. The maximum Gasteiger partial charge on any atom is 0.0219 e. The van der Waals surface area contributed by atoms with Gasteiger partial charge in [0.1, 0.15) is 0 Å². The van der Waals surface area contributed by atoms with Crippen molar-refractivity contribution in [2.24, 2.45) is 0 Å². The van der Waals surface area contributed by atoms with E-state index in [1.165, 1.54) is 25.8 Å². The number of nitrogens with one attached hydrogen (secondary N) is 1. The van der Waals surface area contributed by atoms with Crippen LogP contribution in [0.15, 0.2) is 0 Å². The van der Waals surface area contributed by atoms with Gasteiger partial charge < -0.3 is 5.32 Å². The van der Waals surface area contributed by atoms with Crippen LogP contribution in [0.1, 0.15) is 46.5 Å². The molecule has 1 N–H and O–H groups in total. The Balaban J connectivity index is 2.42. The molecule has 92 valence electrons. The summed E-state index contributed by atoms with van der Waals surface area (Å²) in [6.45, 7) is 9.97. The van der Waals surface area contributed by atoms with Crippen LogP contribution in [-0.4, -0.2) is 36.6 Å². The molecule has 0 aromatic heterocycles. The molecular formula is C14H26N2. The van der Waals surface area contributed by atoms with Gasteiger partial charge in [0, 0.05) is 38.1 Å². The topological polar surface area (TPSA) is 15.3 Å². The molecule has 0 aromatic rings. The summed E-state index contributed by atoms with van der Waals surface area (Å²) in [6.07, 6.45) is 4.83. The Kier molecular flexibility index (Phi) is 6.52. The van der Waals surface area contributed by atoms with Crippen molar-refractivity contribution < 1.29 is 0 Å². The SMILES string of the molecule is CC#CCCN1CC(CCC)NCC1CC. The first kappa shape index (κ1) is 13.5. The Morgan fingerprint density at radius 3 is 2.81 bits per heavy atom. The fourth-order valence-corrected chi connectivity index (χ4v) is 2.47. The normalized spacial score (nSPS) is 26.2. The van der Waals surface area contributed by atoms with E-state index in [1.807, 2.05) is 6.92 Å². The molecule has 1 fully saturated rings. The van der Waals surface area contributed by atoms with Crippen molar-refractivity contribution in [3.05, 3.63) is 0 Å². The van der Waals surface area contributed by atoms with E-state index in [2.05, 4.69) is 35.9 Å². The maximum absolute atomic E-state index is 3.66. The number of piperazine rings is 1. The van der Waals surface area contributed by atoms with Crippen molar-refractivity contribution in [3.63, 3.8) is 0 Å².